The highest BCUT2D eigenvalue weighted by Crippen LogP contribution is 2.22. The second-order valence-electron chi connectivity index (χ2n) is 7.51. The number of esters is 1. The summed E-state index contributed by atoms with van der Waals surface area (Å²) < 4.78 is 4.97. The van der Waals surface area contributed by atoms with E-state index in [1.165, 1.54) is 51.9 Å². The van der Waals surface area contributed by atoms with E-state index in [9.17, 15) is 15.0 Å². The van der Waals surface area contributed by atoms with Gasteiger partial charge in [-0.3, -0.25) is 4.79 Å². The standard InChI is InChI=1S/C20H40O4/c1-5-6-7-8-9-10-11-12-13-14-18(15-16(2)3)20(23)24-19(22)17(4)21/h16-19,21-22H,5-15H2,1-4H3. The van der Waals surface area contributed by atoms with E-state index >= 15 is 0 Å². The first-order valence-corrected chi connectivity index (χ1v) is 9.95. The highest BCUT2D eigenvalue weighted by molar-refractivity contribution is 5.72. The van der Waals surface area contributed by atoms with Crippen LogP contribution < -0.4 is 0 Å². The number of carbonyl (C=O) groups excluding carboxylic acids is 1. The van der Waals surface area contributed by atoms with E-state index < -0.39 is 12.4 Å². The van der Waals surface area contributed by atoms with Gasteiger partial charge in [0.25, 0.3) is 0 Å². The Morgan fingerprint density at radius 2 is 1.38 bits per heavy atom. The molecule has 0 spiro atoms. The highest BCUT2D eigenvalue weighted by Gasteiger charge is 2.25. The molecular weight excluding hydrogens is 304 g/mol. The third-order valence-corrected chi connectivity index (χ3v) is 4.39. The maximum Gasteiger partial charge on any atom is 0.311 e. The van der Waals surface area contributed by atoms with Gasteiger partial charge in [0.05, 0.1) is 5.92 Å². The summed E-state index contributed by atoms with van der Waals surface area (Å²) >= 11 is 0. The Hall–Kier alpha value is -0.610. The van der Waals surface area contributed by atoms with Crippen molar-refractivity contribution in [3.8, 4) is 0 Å². The summed E-state index contributed by atoms with van der Waals surface area (Å²) in [4.78, 5) is 12.2. The van der Waals surface area contributed by atoms with Gasteiger partial charge in [-0.2, -0.15) is 0 Å². The second-order valence-corrected chi connectivity index (χ2v) is 7.51. The van der Waals surface area contributed by atoms with Gasteiger partial charge in [-0.25, -0.2) is 0 Å². The van der Waals surface area contributed by atoms with Gasteiger partial charge < -0.3 is 14.9 Å². The SMILES string of the molecule is CCCCCCCCCCCC(CC(C)C)C(=O)OC(O)C(C)O. The van der Waals surface area contributed by atoms with Crippen LogP contribution in [0.3, 0.4) is 0 Å². The zero-order valence-corrected chi connectivity index (χ0v) is 16.3. The quantitative estimate of drug-likeness (QED) is 0.254. The van der Waals surface area contributed by atoms with E-state index in [1.54, 1.807) is 0 Å². The molecule has 4 nitrogen and oxygen atoms in total. The molecule has 3 atom stereocenters. The molecule has 0 amide bonds. The van der Waals surface area contributed by atoms with E-state index in [0.717, 1.165) is 25.7 Å². The van der Waals surface area contributed by atoms with E-state index in [2.05, 4.69) is 20.8 Å². The third-order valence-electron chi connectivity index (χ3n) is 4.39. The van der Waals surface area contributed by atoms with Crippen LogP contribution in [-0.4, -0.2) is 28.6 Å². The summed E-state index contributed by atoms with van der Waals surface area (Å²) in [5, 5.41) is 18.8. The monoisotopic (exact) mass is 344 g/mol. The van der Waals surface area contributed by atoms with Gasteiger partial charge in [0.2, 0.25) is 6.29 Å². The fourth-order valence-electron chi connectivity index (χ4n) is 2.92. The first-order valence-electron chi connectivity index (χ1n) is 9.95. The summed E-state index contributed by atoms with van der Waals surface area (Å²) in [7, 11) is 0. The Bertz CT molecular complexity index is 302. The summed E-state index contributed by atoms with van der Waals surface area (Å²) in [5.74, 6) is -0.149. The Labute approximate surface area is 149 Å². The van der Waals surface area contributed by atoms with E-state index in [0.29, 0.717) is 5.92 Å². The first-order chi connectivity index (χ1) is 11.4. The van der Waals surface area contributed by atoms with Crippen molar-refractivity contribution in [3.63, 3.8) is 0 Å². The fourth-order valence-corrected chi connectivity index (χ4v) is 2.92. The minimum Gasteiger partial charge on any atom is -0.433 e. The molecule has 0 aliphatic rings. The first kappa shape index (κ1) is 23.4. The normalized spacial score (nSPS) is 15.3. The maximum atomic E-state index is 12.2. The van der Waals surface area contributed by atoms with Crippen LogP contribution in [0.25, 0.3) is 0 Å². The molecule has 0 bridgehead atoms. The van der Waals surface area contributed by atoms with Crippen LogP contribution in [0, 0.1) is 11.8 Å². The van der Waals surface area contributed by atoms with Crippen LogP contribution in [0.1, 0.15) is 98.3 Å². The van der Waals surface area contributed by atoms with Gasteiger partial charge in [-0.15, -0.1) is 0 Å². The zero-order valence-electron chi connectivity index (χ0n) is 16.3. The van der Waals surface area contributed by atoms with Crippen LogP contribution in [0.2, 0.25) is 0 Å². The Balaban J connectivity index is 3.96. The molecule has 0 aromatic rings. The molecule has 24 heavy (non-hydrogen) atoms. The molecule has 0 aliphatic carbocycles. The third kappa shape index (κ3) is 12.8. The summed E-state index contributed by atoms with van der Waals surface area (Å²) in [5.41, 5.74) is 0. The lowest BCUT2D eigenvalue weighted by molar-refractivity contribution is -0.189. The second kappa shape index (κ2) is 14.7. The van der Waals surface area contributed by atoms with Gasteiger partial charge in [-0.1, -0.05) is 78.6 Å². The molecule has 2 N–H and O–H groups in total. The molecule has 0 heterocycles. The molecule has 0 saturated carbocycles. The lowest BCUT2D eigenvalue weighted by Gasteiger charge is -2.21. The zero-order chi connectivity index (χ0) is 18.4. The van der Waals surface area contributed by atoms with Gasteiger partial charge in [0.15, 0.2) is 0 Å². The van der Waals surface area contributed by atoms with Crippen molar-refractivity contribution in [1.29, 1.82) is 0 Å². The number of carbonyl (C=O) groups is 1. The van der Waals surface area contributed by atoms with Gasteiger partial charge >= 0.3 is 5.97 Å². The largest absolute Gasteiger partial charge is 0.433 e. The van der Waals surface area contributed by atoms with Crippen molar-refractivity contribution >= 4 is 5.97 Å². The van der Waals surface area contributed by atoms with Crippen molar-refractivity contribution in [2.45, 2.75) is 111 Å². The minimum atomic E-state index is -1.42. The van der Waals surface area contributed by atoms with Crippen LogP contribution in [0.15, 0.2) is 0 Å². The number of rotatable bonds is 15. The molecule has 4 heteroatoms. The Morgan fingerprint density at radius 3 is 1.83 bits per heavy atom. The lowest BCUT2D eigenvalue weighted by atomic mass is 9.91. The van der Waals surface area contributed by atoms with Gasteiger partial charge in [0, 0.05) is 0 Å². The Morgan fingerprint density at radius 1 is 0.875 bits per heavy atom. The van der Waals surface area contributed by atoms with E-state index in [4.69, 9.17) is 4.74 Å². The number of unbranched alkanes of at least 4 members (excludes halogenated alkanes) is 8. The smallest absolute Gasteiger partial charge is 0.311 e. The molecule has 0 aromatic carbocycles. The summed E-state index contributed by atoms with van der Waals surface area (Å²) in [6.07, 6.45) is 10.4. The van der Waals surface area contributed by atoms with E-state index in [-0.39, 0.29) is 11.9 Å². The summed E-state index contributed by atoms with van der Waals surface area (Å²) in [6.45, 7) is 7.82. The Kier molecular flexibility index (Phi) is 14.3. The van der Waals surface area contributed by atoms with Gasteiger partial charge in [0.1, 0.15) is 6.10 Å². The van der Waals surface area contributed by atoms with Crippen LogP contribution in [0.4, 0.5) is 0 Å². The number of hydrogen-bond acceptors (Lipinski definition) is 4. The predicted molar refractivity (Wildman–Crippen MR) is 98.6 cm³/mol. The number of aliphatic hydroxyl groups excluding tert-OH is 2. The fraction of sp³-hybridized carbons (Fsp3) is 0.950. The van der Waals surface area contributed by atoms with Crippen LogP contribution in [0.5, 0.6) is 0 Å². The number of hydrogen-bond donors (Lipinski definition) is 2. The van der Waals surface area contributed by atoms with Crippen molar-refractivity contribution in [1.82, 2.24) is 0 Å². The van der Waals surface area contributed by atoms with Crippen molar-refractivity contribution < 1.29 is 19.7 Å². The van der Waals surface area contributed by atoms with Crippen LogP contribution in [-0.2, 0) is 9.53 Å². The van der Waals surface area contributed by atoms with Crippen molar-refractivity contribution in [2.24, 2.45) is 11.8 Å². The van der Waals surface area contributed by atoms with Crippen LogP contribution >= 0.6 is 0 Å². The molecule has 0 saturated heterocycles. The predicted octanol–water partition coefficient (Wildman–Crippen LogP) is 4.81. The molecule has 144 valence electrons. The van der Waals surface area contributed by atoms with Crippen molar-refractivity contribution in [2.75, 3.05) is 0 Å². The molecule has 0 fully saturated rings. The lowest BCUT2D eigenvalue weighted by Crippen LogP contribution is -2.32. The number of ether oxygens (including phenoxy) is 1. The number of aliphatic hydroxyl groups is 2. The molecule has 0 rings (SSSR count). The van der Waals surface area contributed by atoms with E-state index in [1.807, 2.05) is 0 Å². The molecule has 3 unspecified atom stereocenters. The maximum absolute atomic E-state index is 12.2. The average Bonchev–Trinajstić information content (AvgIpc) is 2.51. The van der Waals surface area contributed by atoms with Gasteiger partial charge in [-0.05, 0) is 25.7 Å². The highest BCUT2D eigenvalue weighted by atomic mass is 16.6. The minimum absolute atomic E-state index is 0.178. The molecule has 0 aliphatic heterocycles. The molecular formula is C20H40O4. The molecule has 0 radical (unpaired) electrons. The topological polar surface area (TPSA) is 66.8 Å². The van der Waals surface area contributed by atoms with Crippen molar-refractivity contribution in [3.05, 3.63) is 0 Å². The molecule has 0 aromatic heterocycles. The summed E-state index contributed by atoms with van der Waals surface area (Å²) in [6, 6.07) is 0. The average molecular weight is 345 g/mol.